The van der Waals surface area contributed by atoms with Gasteiger partial charge in [-0.05, 0) is 43.0 Å². The zero-order chi connectivity index (χ0) is 16.9. The number of nitrogens with one attached hydrogen (secondary N) is 1. The number of ether oxygens (including phenoxy) is 1. The summed E-state index contributed by atoms with van der Waals surface area (Å²) in [6.07, 6.45) is 3.66. The maximum atomic E-state index is 12.1. The lowest BCUT2D eigenvalue weighted by atomic mass is 10.00. The van der Waals surface area contributed by atoms with Crippen molar-refractivity contribution in [2.45, 2.75) is 45.3 Å². The zero-order valence-electron chi connectivity index (χ0n) is 14.1. The van der Waals surface area contributed by atoms with Crippen LogP contribution >= 0.6 is 12.4 Å². The van der Waals surface area contributed by atoms with Gasteiger partial charge in [0.25, 0.3) is 0 Å². The predicted molar refractivity (Wildman–Crippen MR) is 95.6 cm³/mol. The number of amides is 1. The lowest BCUT2D eigenvalue weighted by Gasteiger charge is -2.14. The summed E-state index contributed by atoms with van der Waals surface area (Å²) in [5.41, 5.74) is 6.75. The van der Waals surface area contributed by atoms with E-state index >= 15 is 0 Å². The van der Waals surface area contributed by atoms with Crippen LogP contribution in [0.1, 0.15) is 37.4 Å². The zero-order valence-corrected chi connectivity index (χ0v) is 14.9. The normalized spacial score (nSPS) is 19.3. The molecular formula is C17H23ClN4O3. The molecule has 3 rings (SSSR count). The molecule has 1 aromatic heterocycles. The molecule has 1 aliphatic carbocycles. The number of aromatic nitrogens is 2. The van der Waals surface area contributed by atoms with Crippen LogP contribution in [0.5, 0.6) is 5.75 Å². The van der Waals surface area contributed by atoms with Crippen molar-refractivity contribution in [2.24, 2.45) is 11.7 Å². The summed E-state index contributed by atoms with van der Waals surface area (Å²) in [5.74, 6) is 1.99. The van der Waals surface area contributed by atoms with Crippen molar-refractivity contribution in [3.05, 3.63) is 36.0 Å². The Morgan fingerprint density at radius 2 is 2.12 bits per heavy atom. The number of hydrogen-bond acceptors (Lipinski definition) is 6. The fourth-order valence-corrected chi connectivity index (χ4v) is 2.95. The van der Waals surface area contributed by atoms with E-state index in [0.717, 1.165) is 24.9 Å². The summed E-state index contributed by atoms with van der Waals surface area (Å²) in [4.78, 5) is 16.2. The van der Waals surface area contributed by atoms with Gasteiger partial charge in [-0.25, -0.2) is 0 Å². The molecule has 0 unspecified atom stereocenters. The Hall–Kier alpha value is -2.12. The Morgan fingerprint density at radius 3 is 2.72 bits per heavy atom. The van der Waals surface area contributed by atoms with Crippen LogP contribution in [0.2, 0.25) is 0 Å². The number of nitrogens with two attached hydrogens (primary N) is 1. The number of halogens is 1. The molecule has 2 atom stereocenters. The van der Waals surface area contributed by atoms with E-state index in [9.17, 15) is 4.79 Å². The summed E-state index contributed by atoms with van der Waals surface area (Å²) >= 11 is 0. The van der Waals surface area contributed by atoms with Crippen molar-refractivity contribution in [1.29, 1.82) is 0 Å². The number of benzene rings is 1. The van der Waals surface area contributed by atoms with Crippen LogP contribution in [-0.4, -0.2) is 22.1 Å². The molecule has 7 nitrogen and oxygen atoms in total. The minimum atomic E-state index is 0. The molecule has 1 aliphatic rings. The molecule has 25 heavy (non-hydrogen) atoms. The van der Waals surface area contributed by atoms with Crippen molar-refractivity contribution in [2.75, 3.05) is 5.32 Å². The number of nitrogens with zero attached hydrogens (tertiary/aromatic N) is 2. The second-order valence-electron chi connectivity index (χ2n) is 6.15. The molecule has 0 saturated heterocycles. The molecule has 0 aliphatic heterocycles. The Bertz CT molecular complexity index is 689. The third-order valence-corrected chi connectivity index (χ3v) is 4.24. The van der Waals surface area contributed by atoms with Crippen molar-refractivity contribution in [3.8, 4) is 5.75 Å². The number of hydrogen-bond donors (Lipinski definition) is 2. The van der Waals surface area contributed by atoms with Gasteiger partial charge in [0.15, 0.2) is 6.61 Å². The van der Waals surface area contributed by atoms with E-state index in [4.69, 9.17) is 15.0 Å². The first-order valence-corrected chi connectivity index (χ1v) is 8.17. The van der Waals surface area contributed by atoms with Gasteiger partial charge in [-0.2, -0.15) is 4.98 Å². The van der Waals surface area contributed by atoms with E-state index in [0.29, 0.717) is 29.8 Å². The van der Waals surface area contributed by atoms with Crippen LogP contribution in [0.15, 0.2) is 28.8 Å². The average Bonchev–Trinajstić information content (AvgIpc) is 3.15. The maximum Gasteiger partial charge on any atom is 0.224 e. The van der Waals surface area contributed by atoms with E-state index in [1.807, 2.05) is 12.1 Å². The molecule has 8 heteroatoms. The van der Waals surface area contributed by atoms with Crippen LogP contribution in [0, 0.1) is 12.8 Å². The Kier molecular flexibility index (Phi) is 6.78. The first-order valence-electron chi connectivity index (χ1n) is 8.17. The molecule has 136 valence electrons. The van der Waals surface area contributed by atoms with E-state index in [-0.39, 0.29) is 31.0 Å². The van der Waals surface area contributed by atoms with Crippen molar-refractivity contribution >= 4 is 24.0 Å². The van der Waals surface area contributed by atoms with Gasteiger partial charge in [0.2, 0.25) is 17.6 Å². The minimum Gasteiger partial charge on any atom is -0.485 e. The Labute approximate surface area is 152 Å². The highest BCUT2D eigenvalue weighted by atomic mass is 35.5. The van der Waals surface area contributed by atoms with E-state index in [1.54, 1.807) is 19.1 Å². The molecule has 3 N–H and O–H groups in total. The second kappa shape index (κ2) is 8.82. The molecule has 1 fully saturated rings. The molecule has 0 bridgehead atoms. The standard InChI is InChI=1S/C17H22N4O3.ClH/c1-11-19-16(21-24-11)10-23-14-7-5-13(6-8-14)20-17(22)9-12-3-2-4-15(12)18;/h5-8,12,15H,2-4,9-10,18H2,1H3,(H,20,22);1H/t12-,15+;/m0./s1. The lowest BCUT2D eigenvalue weighted by molar-refractivity contribution is -0.117. The third kappa shape index (κ3) is 5.44. The largest absolute Gasteiger partial charge is 0.485 e. The first kappa shape index (κ1) is 19.2. The van der Waals surface area contributed by atoms with Crippen LogP contribution < -0.4 is 15.8 Å². The smallest absolute Gasteiger partial charge is 0.224 e. The van der Waals surface area contributed by atoms with E-state index in [1.165, 1.54) is 0 Å². The number of carbonyl (C=O) groups excluding carboxylic acids is 1. The van der Waals surface area contributed by atoms with Gasteiger partial charge in [-0.1, -0.05) is 11.6 Å². The summed E-state index contributed by atoms with van der Waals surface area (Å²) < 4.78 is 10.5. The molecule has 1 saturated carbocycles. The van der Waals surface area contributed by atoms with E-state index in [2.05, 4.69) is 15.5 Å². The van der Waals surface area contributed by atoms with Crippen LogP contribution in [0.25, 0.3) is 0 Å². The Balaban J connectivity index is 0.00000225. The summed E-state index contributed by atoms with van der Waals surface area (Å²) in [6.45, 7) is 1.97. The second-order valence-corrected chi connectivity index (χ2v) is 6.15. The molecule has 1 heterocycles. The lowest BCUT2D eigenvalue weighted by Crippen LogP contribution is -2.28. The van der Waals surface area contributed by atoms with Crippen molar-refractivity contribution in [3.63, 3.8) is 0 Å². The van der Waals surface area contributed by atoms with Crippen LogP contribution in [-0.2, 0) is 11.4 Å². The molecule has 0 spiro atoms. The van der Waals surface area contributed by atoms with Gasteiger partial charge < -0.3 is 20.3 Å². The minimum absolute atomic E-state index is 0. The monoisotopic (exact) mass is 366 g/mol. The van der Waals surface area contributed by atoms with Gasteiger partial charge in [0, 0.05) is 25.1 Å². The first-order chi connectivity index (χ1) is 11.6. The van der Waals surface area contributed by atoms with Gasteiger partial charge in [-0.3, -0.25) is 4.79 Å². The topological polar surface area (TPSA) is 103 Å². The van der Waals surface area contributed by atoms with Gasteiger partial charge in [-0.15, -0.1) is 12.4 Å². The van der Waals surface area contributed by atoms with Gasteiger partial charge in [0.1, 0.15) is 5.75 Å². The molecular weight excluding hydrogens is 344 g/mol. The summed E-state index contributed by atoms with van der Waals surface area (Å²) in [6, 6.07) is 7.36. The van der Waals surface area contributed by atoms with Crippen LogP contribution in [0.4, 0.5) is 5.69 Å². The highest BCUT2D eigenvalue weighted by Gasteiger charge is 2.25. The van der Waals surface area contributed by atoms with Crippen LogP contribution in [0.3, 0.4) is 0 Å². The predicted octanol–water partition coefficient (Wildman–Crippen LogP) is 2.83. The molecule has 1 aromatic carbocycles. The quantitative estimate of drug-likeness (QED) is 0.814. The highest BCUT2D eigenvalue weighted by molar-refractivity contribution is 5.90. The third-order valence-electron chi connectivity index (χ3n) is 4.24. The highest BCUT2D eigenvalue weighted by Crippen LogP contribution is 2.27. The molecule has 1 amide bonds. The average molecular weight is 367 g/mol. The number of rotatable bonds is 6. The SMILES string of the molecule is Cc1nc(COc2ccc(NC(=O)C[C@@H]3CCC[C@H]3N)cc2)no1.Cl. The molecule has 2 aromatic rings. The number of anilines is 1. The summed E-state index contributed by atoms with van der Waals surface area (Å²) in [7, 11) is 0. The van der Waals surface area contributed by atoms with Gasteiger partial charge >= 0.3 is 0 Å². The van der Waals surface area contributed by atoms with Crippen molar-refractivity contribution in [1.82, 2.24) is 10.1 Å². The molecule has 0 radical (unpaired) electrons. The number of carbonyl (C=O) groups is 1. The van der Waals surface area contributed by atoms with Crippen molar-refractivity contribution < 1.29 is 14.1 Å². The Morgan fingerprint density at radius 1 is 1.36 bits per heavy atom. The van der Waals surface area contributed by atoms with Gasteiger partial charge in [0.05, 0.1) is 0 Å². The summed E-state index contributed by atoms with van der Waals surface area (Å²) in [5, 5.41) is 6.67. The fourth-order valence-electron chi connectivity index (χ4n) is 2.95. The maximum absolute atomic E-state index is 12.1. The fraction of sp³-hybridized carbons (Fsp3) is 0.471. The number of aryl methyl sites for hydroxylation is 1. The van der Waals surface area contributed by atoms with E-state index < -0.39 is 0 Å².